The van der Waals surface area contributed by atoms with Crippen LogP contribution >= 0.6 is 27.5 Å². The molecule has 0 saturated heterocycles. The largest absolute Gasteiger partial charge is 0.247 e. The van der Waals surface area contributed by atoms with E-state index >= 15 is 0 Å². The average Bonchev–Trinajstić information content (AvgIpc) is 1.77. The highest BCUT2D eigenvalue weighted by atomic mass is 79.9. The lowest BCUT2D eigenvalue weighted by atomic mass is 10.5. The van der Waals surface area contributed by atoms with E-state index in [0.29, 0.717) is 9.63 Å². The molecule has 1 nitrogen and oxygen atoms in total. The molecule has 1 rings (SSSR count). The van der Waals surface area contributed by atoms with Gasteiger partial charge in [0.15, 0.2) is 0 Å². The molecule has 1 heterocycles. The second-order valence-corrected chi connectivity index (χ2v) is 2.37. The Labute approximate surface area is 60.8 Å². The lowest BCUT2D eigenvalue weighted by Gasteiger charge is -1.87. The van der Waals surface area contributed by atoms with Crippen molar-refractivity contribution in [3.05, 3.63) is 28.0 Å². The van der Waals surface area contributed by atoms with Gasteiger partial charge in [0, 0.05) is 12.3 Å². The maximum Gasteiger partial charge on any atom is 0.124 e. The van der Waals surface area contributed by atoms with Crippen LogP contribution in [0.2, 0.25) is 5.02 Å². The van der Waals surface area contributed by atoms with Crippen LogP contribution in [0.15, 0.2) is 16.9 Å². The highest BCUT2D eigenvalue weighted by Crippen LogP contribution is 2.16. The summed E-state index contributed by atoms with van der Waals surface area (Å²) in [7, 11) is 0. The molecule has 0 aliphatic carbocycles. The summed E-state index contributed by atoms with van der Waals surface area (Å²) in [4.78, 5) is 3.81. The molecule has 3 heteroatoms. The molecule has 0 bridgehead atoms. The average molecular weight is 191 g/mol. The van der Waals surface area contributed by atoms with Gasteiger partial charge in [-0.15, -0.1) is 0 Å². The number of nitrogens with zero attached hydrogens (tertiary/aromatic N) is 1. The van der Waals surface area contributed by atoms with Crippen LogP contribution in [0.1, 0.15) is 0 Å². The van der Waals surface area contributed by atoms with Crippen molar-refractivity contribution < 1.29 is 0 Å². The van der Waals surface area contributed by atoms with Crippen molar-refractivity contribution in [3.63, 3.8) is 0 Å². The zero-order chi connectivity index (χ0) is 5.98. The molecule has 0 amide bonds. The molecular weight excluding hydrogens is 189 g/mol. The summed E-state index contributed by atoms with van der Waals surface area (Å²) in [5, 5.41) is 0.590. The Bertz CT molecular complexity index is 169. The van der Waals surface area contributed by atoms with Gasteiger partial charge in [0.25, 0.3) is 0 Å². The minimum absolute atomic E-state index is 0.590. The maximum atomic E-state index is 5.57. The van der Waals surface area contributed by atoms with Gasteiger partial charge in [0.05, 0.1) is 5.02 Å². The smallest absolute Gasteiger partial charge is 0.124 e. The van der Waals surface area contributed by atoms with E-state index in [0.717, 1.165) is 0 Å². The van der Waals surface area contributed by atoms with Crippen molar-refractivity contribution in [3.8, 4) is 0 Å². The van der Waals surface area contributed by atoms with E-state index in [9.17, 15) is 0 Å². The number of halogens is 2. The second kappa shape index (κ2) is 2.46. The van der Waals surface area contributed by atoms with Gasteiger partial charge in [-0.3, -0.25) is 0 Å². The number of rotatable bonds is 0. The molecular formula is C5H2BrClN. The first-order chi connectivity index (χ1) is 3.80. The quantitative estimate of drug-likeness (QED) is 0.574. The van der Waals surface area contributed by atoms with Crippen molar-refractivity contribution in [2.75, 3.05) is 0 Å². The van der Waals surface area contributed by atoms with Crippen molar-refractivity contribution in [1.29, 1.82) is 0 Å². The Morgan fingerprint density at radius 2 is 2.50 bits per heavy atom. The van der Waals surface area contributed by atoms with E-state index in [-0.39, 0.29) is 0 Å². The van der Waals surface area contributed by atoms with E-state index < -0.39 is 0 Å². The molecule has 0 spiro atoms. The zero-order valence-electron chi connectivity index (χ0n) is 3.86. The molecule has 1 aromatic rings. The van der Waals surface area contributed by atoms with Crippen LogP contribution in [0.5, 0.6) is 0 Å². The molecule has 0 unspecified atom stereocenters. The van der Waals surface area contributed by atoms with E-state index in [1.165, 1.54) is 0 Å². The van der Waals surface area contributed by atoms with Crippen LogP contribution in [0.25, 0.3) is 0 Å². The standard InChI is InChI=1S/C5H2BrClN/c6-5-4(7)2-1-3-8-5/h2-3H. The number of aromatic nitrogens is 1. The predicted octanol–water partition coefficient (Wildman–Crippen LogP) is 2.30. The Hall–Kier alpha value is -0.0800. The summed E-state index contributed by atoms with van der Waals surface area (Å²) in [6, 6.07) is 4.38. The molecule has 0 N–H and O–H groups in total. The second-order valence-electron chi connectivity index (χ2n) is 1.21. The van der Waals surface area contributed by atoms with Gasteiger partial charge in [-0.25, -0.2) is 4.98 Å². The highest BCUT2D eigenvalue weighted by Gasteiger charge is 1.90. The molecule has 0 aromatic carbocycles. The third kappa shape index (κ3) is 1.20. The van der Waals surface area contributed by atoms with E-state index in [1.807, 2.05) is 0 Å². The Morgan fingerprint density at radius 3 is 2.88 bits per heavy atom. The molecule has 41 valence electrons. The SMILES string of the molecule is Clc1c[c]cnc1Br. The minimum Gasteiger partial charge on any atom is -0.247 e. The van der Waals surface area contributed by atoms with Gasteiger partial charge in [-0.05, 0) is 22.0 Å². The molecule has 0 fully saturated rings. The fraction of sp³-hybridized carbons (Fsp3) is 0. The molecule has 0 aliphatic rings. The summed E-state index contributed by atoms with van der Waals surface area (Å²) in [5.41, 5.74) is 0. The summed E-state index contributed by atoms with van der Waals surface area (Å²) in [6.07, 6.45) is 1.55. The van der Waals surface area contributed by atoms with Crippen molar-refractivity contribution >= 4 is 27.5 Å². The summed E-state index contributed by atoms with van der Waals surface area (Å²) >= 11 is 8.70. The monoisotopic (exact) mass is 190 g/mol. The van der Waals surface area contributed by atoms with Crippen LogP contribution in [-0.2, 0) is 0 Å². The minimum atomic E-state index is 0.590. The normalized spacial score (nSPS) is 9.25. The van der Waals surface area contributed by atoms with Gasteiger partial charge in [-0.2, -0.15) is 0 Å². The van der Waals surface area contributed by atoms with Crippen LogP contribution in [0.4, 0.5) is 0 Å². The number of hydrogen-bond donors (Lipinski definition) is 0. The molecule has 1 radical (unpaired) electrons. The van der Waals surface area contributed by atoms with Crippen LogP contribution in [-0.4, -0.2) is 4.98 Å². The van der Waals surface area contributed by atoms with E-state index in [2.05, 4.69) is 27.0 Å². The highest BCUT2D eigenvalue weighted by molar-refractivity contribution is 9.10. The van der Waals surface area contributed by atoms with Gasteiger partial charge in [0.1, 0.15) is 4.60 Å². The fourth-order valence-corrected chi connectivity index (χ4v) is 0.654. The lowest BCUT2D eigenvalue weighted by Crippen LogP contribution is -1.72. The van der Waals surface area contributed by atoms with E-state index in [4.69, 9.17) is 11.6 Å². The molecule has 0 atom stereocenters. The van der Waals surface area contributed by atoms with E-state index in [1.54, 1.807) is 12.3 Å². The Kier molecular flexibility index (Phi) is 1.86. The fourth-order valence-electron chi connectivity index (χ4n) is 0.326. The predicted molar refractivity (Wildman–Crippen MR) is 35.8 cm³/mol. The summed E-state index contributed by atoms with van der Waals surface area (Å²) in [5.74, 6) is 0. The first-order valence-corrected chi connectivity index (χ1v) is 3.15. The lowest BCUT2D eigenvalue weighted by molar-refractivity contribution is 1.27. The first-order valence-electron chi connectivity index (χ1n) is 1.98. The number of pyridine rings is 1. The summed E-state index contributed by atoms with van der Waals surface area (Å²) in [6.45, 7) is 0. The molecule has 1 aromatic heterocycles. The van der Waals surface area contributed by atoms with Crippen molar-refractivity contribution in [2.45, 2.75) is 0 Å². The number of hydrogen-bond acceptors (Lipinski definition) is 1. The van der Waals surface area contributed by atoms with Gasteiger partial charge in [-0.1, -0.05) is 11.6 Å². The van der Waals surface area contributed by atoms with Gasteiger partial charge in [0.2, 0.25) is 0 Å². The van der Waals surface area contributed by atoms with Crippen LogP contribution in [0, 0.1) is 6.07 Å². The van der Waals surface area contributed by atoms with Crippen LogP contribution < -0.4 is 0 Å². The van der Waals surface area contributed by atoms with Crippen LogP contribution in [0.3, 0.4) is 0 Å². The Morgan fingerprint density at radius 1 is 1.75 bits per heavy atom. The van der Waals surface area contributed by atoms with Gasteiger partial charge < -0.3 is 0 Å². The molecule has 0 saturated carbocycles. The third-order valence-electron chi connectivity index (χ3n) is 0.660. The molecule has 8 heavy (non-hydrogen) atoms. The van der Waals surface area contributed by atoms with Gasteiger partial charge >= 0.3 is 0 Å². The zero-order valence-corrected chi connectivity index (χ0v) is 6.20. The molecule has 0 aliphatic heterocycles. The third-order valence-corrected chi connectivity index (χ3v) is 1.81. The first kappa shape index (κ1) is 6.05. The van der Waals surface area contributed by atoms with Crippen molar-refractivity contribution in [1.82, 2.24) is 4.98 Å². The topological polar surface area (TPSA) is 12.9 Å². The summed E-state index contributed by atoms with van der Waals surface area (Å²) < 4.78 is 0.665. The maximum absolute atomic E-state index is 5.57. The Balaban J connectivity index is 3.13. The van der Waals surface area contributed by atoms with Crippen molar-refractivity contribution in [2.24, 2.45) is 0 Å².